The van der Waals surface area contributed by atoms with E-state index in [1.54, 1.807) is 6.07 Å². The summed E-state index contributed by atoms with van der Waals surface area (Å²) in [5.74, 6) is 1.39. The molecule has 116 valence electrons. The van der Waals surface area contributed by atoms with Crippen molar-refractivity contribution in [2.75, 3.05) is 13.6 Å². The van der Waals surface area contributed by atoms with Gasteiger partial charge in [-0.05, 0) is 59.6 Å². The number of aryl methyl sites for hydroxylation is 1. The van der Waals surface area contributed by atoms with Gasteiger partial charge in [-0.25, -0.2) is 4.99 Å². The van der Waals surface area contributed by atoms with Crippen molar-refractivity contribution >= 4 is 39.6 Å². The van der Waals surface area contributed by atoms with Crippen LogP contribution < -0.4 is 4.74 Å². The Morgan fingerprint density at radius 3 is 2.68 bits per heavy atom. The van der Waals surface area contributed by atoms with Gasteiger partial charge in [-0.1, -0.05) is 23.7 Å². The van der Waals surface area contributed by atoms with Gasteiger partial charge in [0.15, 0.2) is 0 Å². The first-order valence-corrected chi connectivity index (χ1v) is 8.15. The maximum absolute atomic E-state index is 6.13. The molecule has 0 aliphatic carbocycles. The molecule has 5 heteroatoms. The van der Waals surface area contributed by atoms with Crippen LogP contribution in [0.5, 0.6) is 11.5 Å². The molecule has 0 atom stereocenters. The number of halogens is 2. The van der Waals surface area contributed by atoms with Gasteiger partial charge in [-0.15, -0.1) is 0 Å². The summed E-state index contributed by atoms with van der Waals surface area (Å²) in [5.41, 5.74) is 1.86. The quantitative estimate of drug-likeness (QED) is 0.482. The van der Waals surface area contributed by atoms with Crippen LogP contribution in [-0.4, -0.2) is 24.8 Å². The third-order valence-corrected chi connectivity index (χ3v) is 4.14. The smallest absolute Gasteiger partial charge is 0.146 e. The minimum absolute atomic E-state index is 0.588. The van der Waals surface area contributed by atoms with E-state index in [1.807, 2.05) is 55.5 Å². The van der Waals surface area contributed by atoms with E-state index in [2.05, 4.69) is 27.8 Å². The monoisotopic (exact) mass is 380 g/mol. The lowest BCUT2D eigenvalue weighted by atomic mass is 10.2. The van der Waals surface area contributed by atoms with Crippen molar-refractivity contribution in [1.29, 1.82) is 0 Å². The zero-order chi connectivity index (χ0) is 16.1. The van der Waals surface area contributed by atoms with Gasteiger partial charge in [0.2, 0.25) is 0 Å². The van der Waals surface area contributed by atoms with Crippen LogP contribution in [0, 0.1) is 6.92 Å². The normalized spacial score (nSPS) is 11.0. The molecule has 0 bridgehead atoms. The van der Waals surface area contributed by atoms with Gasteiger partial charge in [0.05, 0.1) is 17.0 Å². The molecular weight excluding hydrogens is 364 g/mol. The summed E-state index contributed by atoms with van der Waals surface area (Å²) < 4.78 is 6.77. The second-order valence-corrected chi connectivity index (χ2v) is 6.18. The predicted octanol–water partition coefficient (Wildman–Crippen LogP) is 5.81. The lowest BCUT2D eigenvalue weighted by Crippen LogP contribution is -2.14. The number of ether oxygens (including phenoxy) is 1. The average Bonchev–Trinajstić information content (AvgIpc) is 2.51. The van der Waals surface area contributed by atoms with Gasteiger partial charge in [-0.3, -0.25) is 0 Å². The van der Waals surface area contributed by atoms with Crippen LogP contribution in [-0.2, 0) is 0 Å². The molecule has 0 amide bonds. The zero-order valence-corrected chi connectivity index (χ0v) is 15.1. The van der Waals surface area contributed by atoms with Crippen LogP contribution in [0.4, 0.5) is 5.69 Å². The van der Waals surface area contributed by atoms with Crippen LogP contribution >= 0.6 is 27.5 Å². The summed E-state index contributed by atoms with van der Waals surface area (Å²) in [6, 6.07) is 11.3. The van der Waals surface area contributed by atoms with Crippen LogP contribution in [0.25, 0.3) is 0 Å². The number of rotatable bonds is 5. The van der Waals surface area contributed by atoms with Crippen molar-refractivity contribution in [1.82, 2.24) is 4.90 Å². The average molecular weight is 382 g/mol. The molecule has 0 unspecified atom stereocenters. The van der Waals surface area contributed by atoms with Crippen molar-refractivity contribution in [3.63, 3.8) is 0 Å². The minimum atomic E-state index is 0.588. The fraction of sp³-hybridized carbons (Fsp3) is 0.235. The molecule has 0 heterocycles. The topological polar surface area (TPSA) is 24.8 Å². The SMILES string of the molecule is CCN(C)/C=N\c1cc(C)c(Oc2ccccc2Cl)cc1Br. The van der Waals surface area contributed by atoms with E-state index in [9.17, 15) is 0 Å². The number of aliphatic imine (C=N–C) groups is 1. The molecule has 2 aromatic rings. The highest BCUT2D eigenvalue weighted by atomic mass is 79.9. The van der Waals surface area contributed by atoms with Crippen LogP contribution in [0.1, 0.15) is 12.5 Å². The van der Waals surface area contributed by atoms with E-state index in [4.69, 9.17) is 16.3 Å². The number of nitrogens with zero attached hydrogens (tertiary/aromatic N) is 2. The van der Waals surface area contributed by atoms with E-state index < -0.39 is 0 Å². The Bertz CT molecular complexity index is 688. The molecule has 22 heavy (non-hydrogen) atoms. The maximum atomic E-state index is 6.13. The Balaban J connectivity index is 2.27. The Labute approximate surface area is 144 Å². The van der Waals surface area contributed by atoms with E-state index >= 15 is 0 Å². The molecule has 2 aromatic carbocycles. The highest BCUT2D eigenvalue weighted by Crippen LogP contribution is 2.36. The summed E-state index contributed by atoms with van der Waals surface area (Å²) in [7, 11) is 1.99. The first-order valence-electron chi connectivity index (χ1n) is 6.98. The molecule has 3 nitrogen and oxygen atoms in total. The van der Waals surface area contributed by atoms with Gasteiger partial charge in [-0.2, -0.15) is 0 Å². The first-order chi connectivity index (χ1) is 10.5. The largest absolute Gasteiger partial charge is 0.455 e. The summed E-state index contributed by atoms with van der Waals surface area (Å²) >= 11 is 9.67. The predicted molar refractivity (Wildman–Crippen MR) is 96.9 cm³/mol. The van der Waals surface area contributed by atoms with Gasteiger partial charge in [0.25, 0.3) is 0 Å². The van der Waals surface area contributed by atoms with Gasteiger partial charge in [0.1, 0.15) is 11.5 Å². The van der Waals surface area contributed by atoms with Gasteiger partial charge < -0.3 is 9.64 Å². The van der Waals surface area contributed by atoms with Crippen molar-refractivity contribution < 1.29 is 4.74 Å². The molecule has 0 saturated heterocycles. The molecule has 0 fully saturated rings. The summed E-state index contributed by atoms with van der Waals surface area (Å²) in [6.07, 6.45) is 1.81. The molecule has 0 aromatic heterocycles. The van der Waals surface area contributed by atoms with E-state index in [-0.39, 0.29) is 0 Å². The summed E-state index contributed by atoms with van der Waals surface area (Å²) in [4.78, 5) is 6.49. The zero-order valence-electron chi connectivity index (χ0n) is 12.8. The summed E-state index contributed by atoms with van der Waals surface area (Å²) in [5, 5.41) is 0.588. The number of hydrogen-bond donors (Lipinski definition) is 0. The standard InChI is InChI=1S/C17H18BrClN2O/c1-4-21(3)11-20-15-9-12(2)17(10-13(15)18)22-16-8-6-5-7-14(16)19/h5-11H,4H2,1-3H3/b20-11-. The fourth-order valence-corrected chi connectivity index (χ4v) is 2.34. The molecule has 2 rings (SSSR count). The second kappa shape index (κ2) is 7.65. The minimum Gasteiger partial charge on any atom is -0.455 e. The highest BCUT2D eigenvalue weighted by Gasteiger charge is 2.09. The van der Waals surface area contributed by atoms with Gasteiger partial charge in [0, 0.05) is 18.1 Å². The molecule has 0 spiro atoms. The van der Waals surface area contributed by atoms with E-state index in [0.717, 1.165) is 28.0 Å². The third-order valence-electron chi connectivity index (χ3n) is 3.19. The Morgan fingerprint density at radius 1 is 1.27 bits per heavy atom. The van der Waals surface area contributed by atoms with Crippen molar-refractivity contribution in [3.05, 3.63) is 51.5 Å². The lowest BCUT2D eigenvalue weighted by Gasteiger charge is -2.12. The fourth-order valence-electron chi connectivity index (χ4n) is 1.75. The van der Waals surface area contributed by atoms with Crippen molar-refractivity contribution in [3.8, 4) is 11.5 Å². The Morgan fingerprint density at radius 2 is 2.00 bits per heavy atom. The maximum Gasteiger partial charge on any atom is 0.146 e. The Hall–Kier alpha value is -1.52. The third kappa shape index (κ3) is 4.24. The van der Waals surface area contributed by atoms with E-state index in [1.165, 1.54) is 0 Å². The van der Waals surface area contributed by atoms with E-state index in [0.29, 0.717) is 10.8 Å². The molecular formula is C17H18BrClN2O. The molecule has 0 N–H and O–H groups in total. The van der Waals surface area contributed by atoms with Crippen molar-refractivity contribution in [2.45, 2.75) is 13.8 Å². The molecule has 0 radical (unpaired) electrons. The Kier molecular flexibility index (Phi) is 5.86. The van der Waals surface area contributed by atoms with Crippen LogP contribution in [0.3, 0.4) is 0 Å². The second-order valence-electron chi connectivity index (χ2n) is 4.92. The molecule has 0 aliphatic rings. The molecule has 0 saturated carbocycles. The highest BCUT2D eigenvalue weighted by molar-refractivity contribution is 9.10. The number of para-hydroxylation sites is 1. The van der Waals surface area contributed by atoms with Crippen LogP contribution in [0.2, 0.25) is 5.02 Å². The first kappa shape index (κ1) is 16.8. The lowest BCUT2D eigenvalue weighted by molar-refractivity contribution is 0.479. The van der Waals surface area contributed by atoms with Gasteiger partial charge >= 0.3 is 0 Å². The number of benzene rings is 2. The summed E-state index contributed by atoms with van der Waals surface area (Å²) in [6.45, 7) is 4.97. The van der Waals surface area contributed by atoms with Crippen LogP contribution in [0.15, 0.2) is 45.9 Å². The number of hydrogen-bond acceptors (Lipinski definition) is 2. The molecule has 0 aliphatic heterocycles. The van der Waals surface area contributed by atoms with Crippen molar-refractivity contribution in [2.24, 2.45) is 4.99 Å².